The van der Waals surface area contributed by atoms with E-state index in [0.717, 1.165) is 17.7 Å². The third-order valence-corrected chi connectivity index (χ3v) is 3.88. The summed E-state index contributed by atoms with van der Waals surface area (Å²) in [5, 5.41) is 25.1. The molecule has 3 N–H and O–H groups in total. The van der Waals surface area contributed by atoms with E-state index in [0.29, 0.717) is 19.1 Å². The molecule has 2 heterocycles. The van der Waals surface area contributed by atoms with Crippen molar-refractivity contribution in [2.45, 2.75) is 0 Å². The van der Waals surface area contributed by atoms with E-state index < -0.39 is 11.9 Å². The molecule has 0 saturated carbocycles. The Morgan fingerprint density at radius 2 is 1.48 bits per heavy atom. The van der Waals surface area contributed by atoms with Gasteiger partial charge in [0.15, 0.2) is 11.4 Å². The molecule has 0 unspecified atom stereocenters. The molecule has 2 rings (SSSR count). The van der Waals surface area contributed by atoms with Gasteiger partial charge in [-0.3, -0.25) is 0 Å². The molecule has 0 spiro atoms. The molecular formula is C16H21ClN4O6S2. The third kappa shape index (κ3) is 13.6. The van der Waals surface area contributed by atoms with Crippen LogP contribution in [0.5, 0.6) is 5.88 Å². The normalized spacial score (nSPS) is 9.38. The molecule has 29 heavy (non-hydrogen) atoms. The lowest BCUT2D eigenvalue weighted by Gasteiger charge is -2.02. The molecule has 2 aromatic rings. The van der Waals surface area contributed by atoms with E-state index in [1.54, 1.807) is 23.5 Å². The van der Waals surface area contributed by atoms with E-state index in [2.05, 4.69) is 19.9 Å². The molecule has 13 heteroatoms. The van der Waals surface area contributed by atoms with Crippen LogP contribution in [0, 0.1) is 0 Å². The zero-order valence-electron chi connectivity index (χ0n) is 15.7. The Morgan fingerprint density at radius 1 is 0.931 bits per heavy atom. The van der Waals surface area contributed by atoms with Crippen LogP contribution in [0.25, 0.3) is 0 Å². The largest absolute Gasteiger partial charge is 0.476 e. The fourth-order valence-corrected chi connectivity index (χ4v) is 1.77. The molecule has 2 aromatic heterocycles. The van der Waals surface area contributed by atoms with Crippen molar-refractivity contribution in [2.24, 2.45) is 0 Å². The topological polar surface area (TPSA) is 156 Å². The first kappa shape index (κ1) is 26.9. The quantitative estimate of drug-likeness (QED) is 0.489. The summed E-state index contributed by atoms with van der Waals surface area (Å²) in [5.74, 6) is -0.121. The van der Waals surface area contributed by atoms with Crippen molar-refractivity contribution in [1.82, 2.24) is 19.9 Å². The van der Waals surface area contributed by atoms with Gasteiger partial charge in [-0.25, -0.2) is 29.5 Å². The lowest BCUT2D eigenvalue weighted by molar-refractivity contribution is 0.0679. The van der Waals surface area contributed by atoms with Gasteiger partial charge in [0.1, 0.15) is 5.15 Å². The minimum absolute atomic E-state index is 0.0813. The molecule has 0 fully saturated rings. The minimum Gasteiger partial charge on any atom is -0.476 e. The number of halogens is 1. The predicted molar refractivity (Wildman–Crippen MR) is 112 cm³/mol. The van der Waals surface area contributed by atoms with Crippen LogP contribution < -0.4 is 4.74 Å². The Bertz CT molecular complexity index is 720. The fraction of sp³-hybridized carbons (Fsp3) is 0.375. The Hall–Kier alpha value is -2.15. The highest BCUT2D eigenvalue weighted by Crippen LogP contribution is 2.04. The van der Waals surface area contributed by atoms with Crippen molar-refractivity contribution in [3.63, 3.8) is 0 Å². The van der Waals surface area contributed by atoms with Crippen molar-refractivity contribution in [2.75, 3.05) is 37.2 Å². The average Bonchev–Trinajstić information content (AvgIpc) is 2.70. The van der Waals surface area contributed by atoms with Gasteiger partial charge in [0.25, 0.3) is 0 Å². The Balaban J connectivity index is 0.000000455. The molecule has 10 nitrogen and oxygen atoms in total. The maximum absolute atomic E-state index is 10.4. The van der Waals surface area contributed by atoms with Crippen LogP contribution in [0.15, 0.2) is 24.8 Å². The number of thioether (sulfide) groups is 2. The summed E-state index contributed by atoms with van der Waals surface area (Å²) in [7, 11) is 0. The van der Waals surface area contributed by atoms with Gasteiger partial charge in [0.2, 0.25) is 5.88 Å². The zero-order valence-corrected chi connectivity index (χ0v) is 18.1. The van der Waals surface area contributed by atoms with Gasteiger partial charge >= 0.3 is 11.9 Å². The van der Waals surface area contributed by atoms with Crippen molar-refractivity contribution in [1.29, 1.82) is 0 Å². The second-order valence-electron chi connectivity index (χ2n) is 4.63. The molecule has 0 bridgehead atoms. The number of ether oxygens (including phenoxy) is 1. The lowest BCUT2D eigenvalue weighted by atomic mass is 10.5. The molecular weight excluding hydrogens is 444 g/mol. The second-order valence-corrected chi connectivity index (χ2v) is 6.99. The number of aliphatic hydroxyl groups is 1. The summed E-state index contributed by atoms with van der Waals surface area (Å²) in [5.41, 5.74) is -0.188. The maximum atomic E-state index is 10.4. The van der Waals surface area contributed by atoms with Gasteiger partial charge in [-0.1, -0.05) is 11.6 Å². The number of carboxylic acid groups (broad SMARTS) is 2. The highest BCUT2D eigenvalue weighted by molar-refractivity contribution is 7.98. The van der Waals surface area contributed by atoms with Crippen LogP contribution in [0.3, 0.4) is 0 Å². The van der Waals surface area contributed by atoms with Crippen molar-refractivity contribution in [3.05, 3.63) is 41.3 Å². The molecule has 0 aliphatic heterocycles. The van der Waals surface area contributed by atoms with Crippen molar-refractivity contribution >= 4 is 47.1 Å². The lowest BCUT2D eigenvalue weighted by Crippen LogP contribution is -2.05. The Labute approximate surface area is 181 Å². The molecule has 0 radical (unpaired) electrons. The van der Waals surface area contributed by atoms with Gasteiger partial charge < -0.3 is 20.1 Å². The summed E-state index contributed by atoms with van der Waals surface area (Å²) in [6.07, 6.45) is 8.72. The molecule has 0 amide bonds. The average molecular weight is 465 g/mol. The summed E-state index contributed by atoms with van der Waals surface area (Å²) < 4.78 is 5.19. The summed E-state index contributed by atoms with van der Waals surface area (Å²) >= 11 is 8.66. The van der Waals surface area contributed by atoms with E-state index in [1.165, 1.54) is 18.6 Å². The number of hydrogen-bond acceptors (Lipinski definition) is 10. The van der Waals surface area contributed by atoms with E-state index >= 15 is 0 Å². The van der Waals surface area contributed by atoms with Crippen LogP contribution in [0.2, 0.25) is 5.15 Å². The van der Waals surface area contributed by atoms with Crippen molar-refractivity contribution in [3.8, 4) is 5.88 Å². The number of rotatable bonds is 8. The first-order chi connectivity index (χ1) is 13.8. The molecule has 0 saturated heterocycles. The molecule has 0 aromatic carbocycles. The van der Waals surface area contributed by atoms with E-state index in [4.69, 9.17) is 31.7 Å². The van der Waals surface area contributed by atoms with Gasteiger partial charge in [0, 0.05) is 11.5 Å². The summed E-state index contributed by atoms with van der Waals surface area (Å²) in [4.78, 5) is 35.1. The molecule has 0 aliphatic carbocycles. The highest BCUT2D eigenvalue weighted by Gasteiger charge is 2.05. The van der Waals surface area contributed by atoms with E-state index in [-0.39, 0.29) is 16.5 Å². The van der Waals surface area contributed by atoms with Crippen LogP contribution in [-0.2, 0) is 0 Å². The first-order valence-electron chi connectivity index (χ1n) is 7.83. The maximum Gasteiger partial charge on any atom is 0.356 e. The van der Waals surface area contributed by atoms with E-state index in [1.807, 2.05) is 12.5 Å². The van der Waals surface area contributed by atoms with Gasteiger partial charge in [-0.05, 0) is 12.5 Å². The van der Waals surface area contributed by atoms with Crippen LogP contribution >= 0.6 is 35.1 Å². The monoisotopic (exact) mass is 464 g/mol. The highest BCUT2D eigenvalue weighted by atomic mass is 35.5. The second kappa shape index (κ2) is 16.8. The molecule has 0 atom stereocenters. The first-order valence-corrected chi connectivity index (χ1v) is 11.0. The van der Waals surface area contributed by atoms with Crippen molar-refractivity contribution < 1.29 is 29.6 Å². The smallest absolute Gasteiger partial charge is 0.356 e. The van der Waals surface area contributed by atoms with Crippen LogP contribution in [0.1, 0.15) is 21.0 Å². The van der Waals surface area contributed by atoms with Crippen LogP contribution in [-0.4, -0.2) is 84.4 Å². The number of aromatic nitrogens is 4. The standard InChI is InChI=1S/C8H10N2O3S.C5H3ClN2O2.C3H8OS/c1-14-3-2-13-7-5-9-6(4-10-7)8(11)12;6-4-2-7-3(1-8-4)5(9)10;1-5-3-2-4/h4-5H,2-3H2,1H3,(H,11,12);1-2H,(H,9,10);4H,2-3H2,1H3. The third-order valence-electron chi connectivity index (χ3n) is 2.52. The van der Waals surface area contributed by atoms with Gasteiger partial charge in [-0.2, -0.15) is 23.5 Å². The summed E-state index contributed by atoms with van der Waals surface area (Å²) in [6.45, 7) is 0.851. The number of carboxylic acids is 2. The number of aromatic carboxylic acids is 2. The Kier molecular flexibility index (Phi) is 15.5. The SMILES string of the molecule is CSCCO.CSCCOc1cnc(C(=O)O)cn1.O=C(O)c1cnc(Cl)cn1. The number of aliphatic hydroxyl groups excluding tert-OH is 1. The van der Waals surface area contributed by atoms with Gasteiger partial charge in [-0.15, -0.1) is 0 Å². The van der Waals surface area contributed by atoms with Gasteiger partial charge in [0.05, 0.1) is 38.0 Å². The minimum atomic E-state index is -1.11. The Morgan fingerprint density at radius 3 is 1.83 bits per heavy atom. The fourth-order valence-electron chi connectivity index (χ4n) is 1.24. The molecule has 160 valence electrons. The van der Waals surface area contributed by atoms with Crippen LogP contribution in [0.4, 0.5) is 0 Å². The number of carbonyl (C=O) groups is 2. The number of nitrogens with zero attached hydrogens (tertiary/aromatic N) is 4. The van der Waals surface area contributed by atoms with E-state index in [9.17, 15) is 9.59 Å². The number of hydrogen-bond donors (Lipinski definition) is 3. The molecule has 0 aliphatic rings. The zero-order chi connectivity index (χ0) is 22.1. The predicted octanol–water partition coefficient (Wildman–Crippen LogP) is 2.09. The summed E-state index contributed by atoms with van der Waals surface area (Å²) in [6, 6.07) is 0.